The van der Waals surface area contributed by atoms with Gasteiger partial charge in [-0.2, -0.15) is 0 Å². The second-order valence-electron chi connectivity index (χ2n) is 5.06. The molecule has 0 saturated carbocycles. The molecule has 0 aliphatic rings. The van der Waals surface area contributed by atoms with E-state index in [4.69, 9.17) is 0 Å². The zero-order valence-electron chi connectivity index (χ0n) is 12.3. The molecular formula is C15H18N2O3S. The van der Waals surface area contributed by atoms with Crippen molar-refractivity contribution in [3.63, 3.8) is 0 Å². The third kappa shape index (κ3) is 3.59. The van der Waals surface area contributed by atoms with Gasteiger partial charge in [0.25, 0.3) is 0 Å². The van der Waals surface area contributed by atoms with Crippen LogP contribution in [0.5, 0.6) is 0 Å². The molecule has 1 aromatic heterocycles. The fraction of sp³-hybridized carbons (Fsp3) is 0.267. The molecule has 0 saturated heterocycles. The van der Waals surface area contributed by atoms with Crippen molar-refractivity contribution in [1.29, 1.82) is 0 Å². The van der Waals surface area contributed by atoms with Crippen molar-refractivity contribution < 1.29 is 8.42 Å². The largest absolute Gasteiger partial charge is 0.318 e. The minimum absolute atomic E-state index is 0.129. The molecule has 0 radical (unpaired) electrons. The maximum atomic E-state index is 12.2. The molecule has 0 fully saturated rings. The molecule has 0 bridgehead atoms. The van der Waals surface area contributed by atoms with Crippen LogP contribution >= 0.6 is 0 Å². The third-order valence-electron chi connectivity index (χ3n) is 3.40. The maximum absolute atomic E-state index is 12.2. The Morgan fingerprint density at radius 1 is 1.10 bits per heavy atom. The molecular weight excluding hydrogens is 288 g/mol. The van der Waals surface area contributed by atoms with E-state index in [1.54, 1.807) is 37.5 Å². The van der Waals surface area contributed by atoms with Crippen LogP contribution < -0.4 is 10.3 Å². The summed E-state index contributed by atoms with van der Waals surface area (Å²) in [5, 5.41) is 0. The molecule has 0 aliphatic heterocycles. The second-order valence-corrected chi connectivity index (χ2v) is 6.82. The Bertz CT molecular complexity index is 823. The van der Waals surface area contributed by atoms with E-state index in [-0.39, 0.29) is 17.0 Å². The first-order valence-electron chi connectivity index (χ1n) is 6.52. The number of sulfonamides is 1. The van der Waals surface area contributed by atoms with Crippen molar-refractivity contribution in [2.45, 2.75) is 25.3 Å². The number of benzene rings is 1. The second kappa shape index (κ2) is 5.83. The van der Waals surface area contributed by atoms with Crippen molar-refractivity contribution >= 4 is 10.0 Å². The molecule has 2 rings (SSSR count). The number of aromatic nitrogens is 1. The van der Waals surface area contributed by atoms with E-state index >= 15 is 0 Å². The minimum atomic E-state index is -3.56. The van der Waals surface area contributed by atoms with Crippen molar-refractivity contribution in [3.8, 4) is 0 Å². The summed E-state index contributed by atoms with van der Waals surface area (Å²) in [6.07, 6.45) is 1.62. The summed E-state index contributed by atoms with van der Waals surface area (Å²) in [6, 6.07) is 8.06. The first-order valence-corrected chi connectivity index (χ1v) is 8.00. The summed E-state index contributed by atoms with van der Waals surface area (Å²) in [5.41, 5.74) is 2.58. The number of hydrogen-bond acceptors (Lipinski definition) is 3. The molecule has 112 valence electrons. The monoisotopic (exact) mass is 306 g/mol. The zero-order valence-corrected chi connectivity index (χ0v) is 13.1. The fourth-order valence-electron chi connectivity index (χ4n) is 1.90. The highest BCUT2D eigenvalue weighted by molar-refractivity contribution is 7.89. The van der Waals surface area contributed by atoms with Crippen LogP contribution in [0.25, 0.3) is 0 Å². The molecule has 6 heteroatoms. The van der Waals surface area contributed by atoms with Crippen molar-refractivity contribution in [2.24, 2.45) is 7.05 Å². The summed E-state index contributed by atoms with van der Waals surface area (Å²) in [5.74, 6) is 0. The van der Waals surface area contributed by atoms with E-state index in [2.05, 4.69) is 4.72 Å². The molecule has 0 atom stereocenters. The van der Waals surface area contributed by atoms with E-state index in [1.807, 2.05) is 13.8 Å². The Hall–Kier alpha value is -1.92. The Balaban J connectivity index is 2.19. The average molecular weight is 306 g/mol. The van der Waals surface area contributed by atoms with E-state index in [1.165, 1.54) is 10.6 Å². The first kappa shape index (κ1) is 15.5. The molecule has 21 heavy (non-hydrogen) atoms. The van der Waals surface area contributed by atoms with Crippen molar-refractivity contribution in [2.75, 3.05) is 0 Å². The van der Waals surface area contributed by atoms with Gasteiger partial charge in [0, 0.05) is 25.9 Å². The van der Waals surface area contributed by atoms with Gasteiger partial charge in [-0.05, 0) is 42.7 Å². The predicted octanol–water partition coefficient (Wildman–Crippen LogP) is 1.48. The Labute approximate surface area is 124 Å². The predicted molar refractivity (Wildman–Crippen MR) is 81.6 cm³/mol. The summed E-state index contributed by atoms with van der Waals surface area (Å²) in [6.45, 7) is 3.95. The average Bonchev–Trinajstić information content (AvgIpc) is 2.43. The summed E-state index contributed by atoms with van der Waals surface area (Å²) in [4.78, 5) is 11.5. The van der Waals surface area contributed by atoms with Crippen LogP contribution in [0.2, 0.25) is 0 Å². The fourth-order valence-corrected chi connectivity index (χ4v) is 3.00. The summed E-state index contributed by atoms with van der Waals surface area (Å²) >= 11 is 0. The van der Waals surface area contributed by atoms with Crippen LogP contribution in [0.4, 0.5) is 0 Å². The van der Waals surface area contributed by atoms with Gasteiger partial charge in [-0.1, -0.05) is 12.1 Å². The lowest BCUT2D eigenvalue weighted by Crippen LogP contribution is -2.24. The lowest BCUT2D eigenvalue weighted by atomic mass is 10.1. The van der Waals surface area contributed by atoms with Crippen LogP contribution in [0.1, 0.15) is 16.7 Å². The minimum Gasteiger partial charge on any atom is -0.318 e. The first-order chi connectivity index (χ1) is 9.79. The number of aryl methyl sites for hydroxylation is 3. The number of nitrogens with zero attached hydrogens (tertiary/aromatic N) is 1. The van der Waals surface area contributed by atoms with Crippen LogP contribution in [0, 0.1) is 13.8 Å². The van der Waals surface area contributed by atoms with Gasteiger partial charge in [0.2, 0.25) is 15.6 Å². The van der Waals surface area contributed by atoms with Gasteiger partial charge in [0.1, 0.15) is 0 Å². The summed E-state index contributed by atoms with van der Waals surface area (Å²) < 4.78 is 28.4. The quantitative estimate of drug-likeness (QED) is 0.930. The number of nitrogens with one attached hydrogen (secondary N) is 1. The molecule has 0 unspecified atom stereocenters. The van der Waals surface area contributed by atoms with E-state index in [9.17, 15) is 13.2 Å². The highest BCUT2D eigenvalue weighted by Crippen LogP contribution is 2.14. The zero-order chi connectivity index (χ0) is 15.6. The Morgan fingerprint density at radius 2 is 1.81 bits per heavy atom. The van der Waals surface area contributed by atoms with E-state index in [0.717, 1.165) is 16.7 Å². The molecule has 1 N–H and O–H groups in total. The molecule has 0 spiro atoms. The SMILES string of the molecule is Cc1ccc(S(=O)(=O)NCc2ccc(=O)n(C)c2)cc1C. The van der Waals surface area contributed by atoms with Gasteiger partial charge in [-0.3, -0.25) is 4.79 Å². The third-order valence-corrected chi connectivity index (χ3v) is 4.80. The molecule has 1 aromatic carbocycles. The van der Waals surface area contributed by atoms with Gasteiger partial charge in [0.05, 0.1) is 4.90 Å². The number of pyridine rings is 1. The van der Waals surface area contributed by atoms with Crippen molar-refractivity contribution in [3.05, 3.63) is 63.6 Å². The van der Waals surface area contributed by atoms with Gasteiger partial charge in [0.15, 0.2) is 0 Å². The Morgan fingerprint density at radius 3 is 2.43 bits per heavy atom. The smallest absolute Gasteiger partial charge is 0.250 e. The normalized spacial score (nSPS) is 11.6. The van der Waals surface area contributed by atoms with Crippen LogP contribution in [-0.4, -0.2) is 13.0 Å². The van der Waals surface area contributed by atoms with Gasteiger partial charge in [-0.15, -0.1) is 0 Å². The number of hydrogen-bond donors (Lipinski definition) is 1. The van der Waals surface area contributed by atoms with Gasteiger partial charge < -0.3 is 4.57 Å². The lowest BCUT2D eigenvalue weighted by molar-refractivity contribution is 0.581. The van der Waals surface area contributed by atoms with Crippen LogP contribution in [0.3, 0.4) is 0 Å². The lowest BCUT2D eigenvalue weighted by Gasteiger charge is -2.09. The maximum Gasteiger partial charge on any atom is 0.250 e. The van der Waals surface area contributed by atoms with Crippen LogP contribution in [-0.2, 0) is 23.6 Å². The summed E-state index contributed by atoms with van der Waals surface area (Å²) in [7, 11) is -1.93. The molecule has 0 amide bonds. The van der Waals surface area contributed by atoms with E-state index in [0.29, 0.717) is 0 Å². The van der Waals surface area contributed by atoms with Crippen LogP contribution in [0.15, 0.2) is 46.2 Å². The highest BCUT2D eigenvalue weighted by atomic mass is 32.2. The molecule has 0 aliphatic carbocycles. The molecule has 1 heterocycles. The topological polar surface area (TPSA) is 68.2 Å². The van der Waals surface area contributed by atoms with Crippen molar-refractivity contribution in [1.82, 2.24) is 9.29 Å². The molecule has 5 nitrogen and oxygen atoms in total. The molecule has 2 aromatic rings. The highest BCUT2D eigenvalue weighted by Gasteiger charge is 2.14. The van der Waals surface area contributed by atoms with Gasteiger partial charge in [-0.25, -0.2) is 13.1 Å². The number of rotatable bonds is 4. The van der Waals surface area contributed by atoms with Gasteiger partial charge >= 0.3 is 0 Å². The van der Waals surface area contributed by atoms with E-state index < -0.39 is 10.0 Å². The Kier molecular flexibility index (Phi) is 4.29. The standard InChI is InChI=1S/C15H18N2O3S/c1-11-4-6-14(8-12(11)2)21(19,20)16-9-13-5-7-15(18)17(3)10-13/h4-8,10,16H,9H2,1-3H3.